The second-order valence-electron chi connectivity index (χ2n) is 8.87. The standard InChI is InChI=1S/C23H34N4O2/c1-4-13-25-20-9-5-6-10-21(20)26(23(25)29)16-22(28)24-14-7-8-19(15-24)27-17(2)11-12-18(27)3/h5-6,9-10,17-19H,4,7-8,11-16H2,1-3H3/t17-,18+,19-/m0/s1. The van der Waals surface area contributed by atoms with E-state index in [1.807, 2.05) is 29.2 Å². The van der Waals surface area contributed by atoms with Crippen molar-refractivity contribution in [2.75, 3.05) is 13.1 Å². The summed E-state index contributed by atoms with van der Waals surface area (Å²) in [6.45, 7) is 9.09. The fraction of sp³-hybridized carbons (Fsp3) is 0.652. The number of aromatic nitrogens is 2. The quantitative estimate of drug-likeness (QED) is 0.778. The average molecular weight is 399 g/mol. The molecule has 2 fully saturated rings. The van der Waals surface area contributed by atoms with E-state index in [1.54, 1.807) is 9.13 Å². The Kier molecular flexibility index (Phi) is 5.81. The monoisotopic (exact) mass is 398 g/mol. The lowest BCUT2D eigenvalue weighted by Gasteiger charge is -2.41. The molecule has 29 heavy (non-hydrogen) atoms. The van der Waals surface area contributed by atoms with Crippen LogP contribution < -0.4 is 5.69 Å². The highest BCUT2D eigenvalue weighted by Crippen LogP contribution is 2.30. The Morgan fingerprint density at radius 3 is 2.34 bits per heavy atom. The molecule has 0 N–H and O–H groups in total. The molecule has 6 heteroatoms. The van der Waals surface area contributed by atoms with E-state index in [2.05, 4.69) is 25.7 Å². The van der Waals surface area contributed by atoms with Gasteiger partial charge < -0.3 is 4.90 Å². The number of aryl methyl sites for hydroxylation is 1. The first-order chi connectivity index (χ1) is 14.0. The van der Waals surface area contributed by atoms with Gasteiger partial charge in [0.1, 0.15) is 6.54 Å². The Labute approximate surface area is 173 Å². The van der Waals surface area contributed by atoms with Crippen molar-refractivity contribution in [3.05, 3.63) is 34.7 Å². The summed E-state index contributed by atoms with van der Waals surface area (Å²) in [5, 5.41) is 0. The number of para-hydroxylation sites is 2. The molecule has 0 aliphatic carbocycles. The van der Waals surface area contributed by atoms with Gasteiger partial charge in [0.2, 0.25) is 5.91 Å². The number of benzene rings is 1. The van der Waals surface area contributed by atoms with Crippen LogP contribution in [0.2, 0.25) is 0 Å². The van der Waals surface area contributed by atoms with E-state index in [4.69, 9.17) is 0 Å². The maximum atomic E-state index is 13.2. The molecule has 6 nitrogen and oxygen atoms in total. The van der Waals surface area contributed by atoms with E-state index < -0.39 is 0 Å². The number of hydrogen-bond acceptors (Lipinski definition) is 3. The van der Waals surface area contributed by atoms with Gasteiger partial charge in [-0.05, 0) is 58.1 Å². The zero-order valence-corrected chi connectivity index (χ0v) is 18.0. The van der Waals surface area contributed by atoms with Crippen LogP contribution in [0.25, 0.3) is 11.0 Å². The molecular formula is C23H34N4O2. The normalized spacial score (nSPS) is 25.8. The summed E-state index contributed by atoms with van der Waals surface area (Å²) in [5.74, 6) is 0.0655. The number of carbonyl (C=O) groups excluding carboxylic acids is 1. The van der Waals surface area contributed by atoms with Crippen molar-refractivity contribution >= 4 is 16.9 Å². The fourth-order valence-electron chi connectivity index (χ4n) is 5.46. The molecule has 0 spiro atoms. The highest BCUT2D eigenvalue weighted by molar-refractivity contribution is 5.81. The van der Waals surface area contributed by atoms with Gasteiger partial charge in [-0.2, -0.15) is 0 Å². The maximum absolute atomic E-state index is 13.2. The molecule has 0 bridgehead atoms. The minimum Gasteiger partial charge on any atom is -0.340 e. The number of carbonyl (C=O) groups is 1. The first-order valence-corrected chi connectivity index (χ1v) is 11.2. The number of piperidine rings is 1. The molecule has 3 atom stereocenters. The van der Waals surface area contributed by atoms with Gasteiger partial charge in [-0.15, -0.1) is 0 Å². The van der Waals surface area contributed by atoms with Crippen molar-refractivity contribution in [2.45, 2.75) is 84.1 Å². The molecule has 1 aromatic carbocycles. The minimum absolute atomic E-state index is 0.0655. The summed E-state index contributed by atoms with van der Waals surface area (Å²) in [4.78, 5) is 30.8. The number of rotatable bonds is 5. The lowest BCUT2D eigenvalue weighted by atomic mass is 10.0. The molecule has 1 aromatic heterocycles. The molecule has 2 saturated heterocycles. The van der Waals surface area contributed by atoms with Crippen LogP contribution in [-0.4, -0.2) is 56.1 Å². The maximum Gasteiger partial charge on any atom is 0.329 e. The third-order valence-electron chi connectivity index (χ3n) is 6.86. The number of amides is 1. The summed E-state index contributed by atoms with van der Waals surface area (Å²) in [5.41, 5.74) is 1.70. The van der Waals surface area contributed by atoms with E-state index in [0.29, 0.717) is 24.7 Å². The smallest absolute Gasteiger partial charge is 0.329 e. The van der Waals surface area contributed by atoms with E-state index in [1.165, 1.54) is 12.8 Å². The fourth-order valence-corrected chi connectivity index (χ4v) is 5.46. The Morgan fingerprint density at radius 2 is 1.69 bits per heavy atom. The van der Waals surface area contributed by atoms with Gasteiger partial charge >= 0.3 is 5.69 Å². The van der Waals surface area contributed by atoms with Crippen LogP contribution in [0.3, 0.4) is 0 Å². The Hall–Kier alpha value is -2.08. The van der Waals surface area contributed by atoms with E-state index in [0.717, 1.165) is 43.4 Å². The van der Waals surface area contributed by atoms with Gasteiger partial charge in [-0.1, -0.05) is 19.1 Å². The van der Waals surface area contributed by atoms with Crippen molar-refractivity contribution in [2.24, 2.45) is 0 Å². The van der Waals surface area contributed by atoms with Crippen LogP contribution in [0, 0.1) is 0 Å². The van der Waals surface area contributed by atoms with Crippen LogP contribution >= 0.6 is 0 Å². The number of likely N-dealkylation sites (tertiary alicyclic amines) is 2. The third-order valence-corrected chi connectivity index (χ3v) is 6.86. The summed E-state index contributed by atoms with van der Waals surface area (Å²) in [6, 6.07) is 9.45. The molecule has 0 radical (unpaired) electrons. The lowest BCUT2D eigenvalue weighted by Crippen LogP contribution is -2.53. The Morgan fingerprint density at radius 1 is 1.03 bits per heavy atom. The molecule has 158 valence electrons. The molecule has 2 aliphatic heterocycles. The van der Waals surface area contributed by atoms with Crippen molar-refractivity contribution in [1.82, 2.24) is 18.9 Å². The molecule has 2 aliphatic rings. The van der Waals surface area contributed by atoms with Gasteiger partial charge in [0, 0.05) is 37.8 Å². The van der Waals surface area contributed by atoms with Crippen molar-refractivity contribution in [3.63, 3.8) is 0 Å². The summed E-state index contributed by atoms with van der Waals surface area (Å²) in [6.07, 6.45) is 5.59. The SMILES string of the molecule is CCCn1c(=O)n(CC(=O)N2CCC[C@H](N3[C@H](C)CC[C@@H]3C)C2)c2ccccc21. The first-order valence-electron chi connectivity index (χ1n) is 11.2. The van der Waals surface area contributed by atoms with Gasteiger partial charge in [0.15, 0.2) is 0 Å². The van der Waals surface area contributed by atoms with E-state index in [9.17, 15) is 9.59 Å². The van der Waals surface area contributed by atoms with E-state index in [-0.39, 0.29) is 18.1 Å². The minimum atomic E-state index is -0.0725. The second kappa shape index (κ2) is 8.34. The molecule has 2 aromatic rings. The molecular weight excluding hydrogens is 364 g/mol. The molecule has 0 saturated carbocycles. The molecule has 0 unspecified atom stereocenters. The Bertz CT molecular complexity index is 921. The van der Waals surface area contributed by atoms with Gasteiger partial charge in [-0.3, -0.25) is 18.8 Å². The van der Waals surface area contributed by atoms with Gasteiger partial charge in [0.25, 0.3) is 0 Å². The molecule has 3 heterocycles. The van der Waals surface area contributed by atoms with Crippen LogP contribution in [0.15, 0.2) is 29.1 Å². The zero-order valence-electron chi connectivity index (χ0n) is 18.0. The van der Waals surface area contributed by atoms with Gasteiger partial charge in [0.05, 0.1) is 11.0 Å². The van der Waals surface area contributed by atoms with Gasteiger partial charge in [-0.25, -0.2) is 4.79 Å². The number of fused-ring (bicyclic) bond motifs is 1. The highest BCUT2D eigenvalue weighted by atomic mass is 16.2. The number of imidazole rings is 1. The number of hydrogen-bond donors (Lipinski definition) is 0. The predicted molar refractivity (Wildman–Crippen MR) is 116 cm³/mol. The van der Waals surface area contributed by atoms with Crippen LogP contribution in [0.4, 0.5) is 0 Å². The first kappa shape index (κ1) is 20.2. The van der Waals surface area contributed by atoms with Crippen molar-refractivity contribution in [3.8, 4) is 0 Å². The molecule has 4 rings (SSSR count). The van der Waals surface area contributed by atoms with Crippen LogP contribution in [0.1, 0.15) is 52.9 Å². The highest BCUT2D eigenvalue weighted by Gasteiger charge is 2.36. The average Bonchev–Trinajstić information content (AvgIpc) is 3.20. The topological polar surface area (TPSA) is 50.5 Å². The van der Waals surface area contributed by atoms with Crippen LogP contribution in [0.5, 0.6) is 0 Å². The predicted octanol–water partition coefficient (Wildman–Crippen LogP) is 3.08. The summed E-state index contributed by atoms with van der Waals surface area (Å²) in [7, 11) is 0. The second-order valence-corrected chi connectivity index (χ2v) is 8.87. The lowest BCUT2D eigenvalue weighted by molar-refractivity contribution is -0.134. The van der Waals surface area contributed by atoms with Crippen LogP contribution in [-0.2, 0) is 17.9 Å². The zero-order chi connectivity index (χ0) is 20.5. The van der Waals surface area contributed by atoms with Crippen molar-refractivity contribution < 1.29 is 4.79 Å². The largest absolute Gasteiger partial charge is 0.340 e. The third kappa shape index (κ3) is 3.75. The molecule has 1 amide bonds. The van der Waals surface area contributed by atoms with E-state index >= 15 is 0 Å². The summed E-state index contributed by atoms with van der Waals surface area (Å²) >= 11 is 0. The Balaban J connectivity index is 1.54. The van der Waals surface area contributed by atoms with Crippen molar-refractivity contribution in [1.29, 1.82) is 0 Å². The summed E-state index contributed by atoms with van der Waals surface area (Å²) < 4.78 is 3.47. The number of nitrogens with zero attached hydrogens (tertiary/aromatic N) is 4.